The van der Waals surface area contributed by atoms with Gasteiger partial charge in [0.1, 0.15) is 10.7 Å². The number of aromatic amines is 1. The molecule has 0 unspecified atom stereocenters. The van der Waals surface area contributed by atoms with Crippen LogP contribution in [0, 0.1) is 13.8 Å². The van der Waals surface area contributed by atoms with E-state index < -0.39 is 12.0 Å². The van der Waals surface area contributed by atoms with Crippen molar-refractivity contribution < 1.29 is 9.53 Å². The third kappa shape index (κ3) is 3.78. The van der Waals surface area contributed by atoms with Gasteiger partial charge in [0.05, 0.1) is 5.39 Å². The van der Waals surface area contributed by atoms with Gasteiger partial charge in [-0.15, -0.1) is 11.3 Å². The van der Waals surface area contributed by atoms with Gasteiger partial charge in [-0.3, -0.25) is 9.59 Å². The lowest BCUT2D eigenvalue weighted by atomic mass is 9.91. The predicted octanol–water partition coefficient (Wildman–Crippen LogP) is 5.04. The summed E-state index contributed by atoms with van der Waals surface area (Å²) in [6, 6.07) is 19.1. The highest BCUT2D eigenvalue weighted by atomic mass is 32.1. The largest absolute Gasteiger partial charge is 0.454 e. The summed E-state index contributed by atoms with van der Waals surface area (Å²) in [4.78, 5) is 34.8. The summed E-state index contributed by atoms with van der Waals surface area (Å²) in [7, 11) is 0. The van der Waals surface area contributed by atoms with Crippen molar-refractivity contribution in [3.8, 4) is 0 Å². The molecule has 0 radical (unpaired) electrons. The van der Waals surface area contributed by atoms with Crippen LogP contribution in [-0.2, 0) is 9.53 Å². The number of benzene rings is 2. The standard InChI is InChI=1S/C24H22N2O3S/c1-14-16(3)30-23-19(14)22(27)25-21(26-23)15(2)29-24(28)20(17-10-6-4-7-11-17)18-12-8-5-9-13-18/h4-13,15,20H,1-3H3,(H,25,26,27)/t15-/m1/s1. The number of H-pyrrole nitrogens is 1. The Bertz CT molecular complexity index is 1210. The molecule has 2 aromatic carbocycles. The quantitative estimate of drug-likeness (QED) is 0.461. The van der Waals surface area contributed by atoms with Crippen LogP contribution in [0.25, 0.3) is 10.2 Å². The average molecular weight is 419 g/mol. The van der Waals surface area contributed by atoms with Gasteiger partial charge in [-0.1, -0.05) is 60.7 Å². The third-order valence-corrected chi connectivity index (χ3v) is 6.34. The number of carbonyl (C=O) groups is 1. The topological polar surface area (TPSA) is 72.0 Å². The zero-order valence-electron chi connectivity index (χ0n) is 17.0. The summed E-state index contributed by atoms with van der Waals surface area (Å²) in [6.45, 7) is 5.61. The molecule has 0 amide bonds. The maximum absolute atomic E-state index is 13.2. The van der Waals surface area contributed by atoms with E-state index in [1.54, 1.807) is 6.92 Å². The van der Waals surface area contributed by atoms with Gasteiger partial charge in [-0.25, -0.2) is 4.98 Å². The molecule has 0 aliphatic carbocycles. The summed E-state index contributed by atoms with van der Waals surface area (Å²) in [5.41, 5.74) is 2.43. The van der Waals surface area contributed by atoms with Gasteiger partial charge in [0.2, 0.25) is 0 Å². The molecule has 0 bridgehead atoms. The molecule has 0 aliphatic heterocycles. The highest BCUT2D eigenvalue weighted by Gasteiger charge is 2.27. The summed E-state index contributed by atoms with van der Waals surface area (Å²) in [5, 5.41) is 0.603. The Kier molecular flexibility index (Phi) is 5.50. The van der Waals surface area contributed by atoms with E-state index in [9.17, 15) is 9.59 Å². The molecule has 152 valence electrons. The van der Waals surface area contributed by atoms with Gasteiger partial charge in [0.15, 0.2) is 11.9 Å². The molecule has 6 heteroatoms. The van der Waals surface area contributed by atoms with Crippen molar-refractivity contribution in [1.29, 1.82) is 0 Å². The molecule has 1 N–H and O–H groups in total. The Morgan fingerprint density at radius 3 is 2.13 bits per heavy atom. The third-order valence-electron chi connectivity index (χ3n) is 5.24. The van der Waals surface area contributed by atoms with E-state index in [0.717, 1.165) is 21.6 Å². The van der Waals surface area contributed by atoms with Gasteiger partial charge in [0.25, 0.3) is 5.56 Å². The van der Waals surface area contributed by atoms with E-state index in [2.05, 4.69) is 9.97 Å². The number of nitrogens with one attached hydrogen (secondary N) is 1. The van der Waals surface area contributed by atoms with Crippen molar-refractivity contribution in [2.75, 3.05) is 0 Å². The van der Waals surface area contributed by atoms with Crippen LogP contribution in [0.2, 0.25) is 0 Å². The van der Waals surface area contributed by atoms with Crippen molar-refractivity contribution >= 4 is 27.5 Å². The van der Waals surface area contributed by atoms with E-state index in [0.29, 0.717) is 16.0 Å². The number of aryl methyl sites for hydroxylation is 2. The van der Waals surface area contributed by atoms with E-state index in [1.807, 2.05) is 74.5 Å². The summed E-state index contributed by atoms with van der Waals surface area (Å²) < 4.78 is 5.78. The molecule has 5 nitrogen and oxygen atoms in total. The van der Waals surface area contributed by atoms with Crippen LogP contribution in [0.4, 0.5) is 0 Å². The van der Waals surface area contributed by atoms with Gasteiger partial charge < -0.3 is 9.72 Å². The second kappa shape index (κ2) is 8.24. The first-order valence-electron chi connectivity index (χ1n) is 9.76. The van der Waals surface area contributed by atoms with Gasteiger partial charge in [-0.2, -0.15) is 0 Å². The smallest absolute Gasteiger partial charge is 0.318 e. The van der Waals surface area contributed by atoms with Crippen LogP contribution in [0.1, 0.15) is 46.3 Å². The second-order valence-corrected chi connectivity index (χ2v) is 8.45. The van der Waals surface area contributed by atoms with E-state index >= 15 is 0 Å². The Labute approximate surface area is 178 Å². The minimum atomic E-state index is -0.688. The SMILES string of the molecule is Cc1sc2nc([C@@H](C)OC(=O)C(c3ccccc3)c3ccccc3)[nH]c(=O)c2c1C. The van der Waals surface area contributed by atoms with Crippen LogP contribution >= 0.6 is 11.3 Å². The molecule has 0 aliphatic rings. The number of carbonyl (C=O) groups excluding carboxylic acids is 1. The molecule has 4 aromatic rings. The van der Waals surface area contributed by atoms with Gasteiger partial charge in [0, 0.05) is 4.88 Å². The Balaban J connectivity index is 1.66. The number of esters is 1. The Morgan fingerprint density at radius 1 is 1.00 bits per heavy atom. The molecular weight excluding hydrogens is 396 g/mol. The minimum absolute atomic E-state index is 0.206. The van der Waals surface area contributed by atoms with Crippen LogP contribution in [0.5, 0.6) is 0 Å². The van der Waals surface area contributed by atoms with E-state index in [1.165, 1.54) is 11.3 Å². The van der Waals surface area contributed by atoms with Crippen molar-refractivity contribution in [2.24, 2.45) is 0 Å². The Morgan fingerprint density at radius 2 is 1.57 bits per heavy atom. The zero-order chi connectivity index (χ0) is 21.3. The molecular formula is C24H22N2O3S. The zero-order valence-corrected chi connectivity index (χ0v) is 17.8. The fourth-order valence-electron chi connectivity index (χ4n) is 3.52. The molecule has 30 heavy (non-hydrogen) atoms. The first-order chi connectivity index (χ1) is 14.5. The van der Waals surface area contributed by atoms with Crippen LogP contribution < -0.4 is 5.56 Å². The molecule has 4 rings (SSSR count). The van der Waals surface area contributed by atoms with Gasteiger partial charge >= 0.3 is 5.97 Å². The molecule has 0 fully saturated rings. The summed E-state index contributed by atoms with van der Waals surface area (Å²) >= 11 is 1.47. The monoisotopic (exact) mass is 418 g/mol. The summed E-state index contributed by atoms with van der Waals surface area (Å²) in [6.07, 6.45) is -0.688. The van der Waals surface area contributed by atoms with E-state index in [-0.39, 0.29) is 11.5 Å². The molecule has 2 aromatic heterocycles. The highest BCUT2D eigenvalue weighted by molar-refractivity contribution is 7.18. The lowest BCUT2D eigenvalue weighted by Gasteiger charge is -2.20. The average Bonchev–Trinajstić information content (AvgIpc) is 3.03. The maximum atomic E-state index is 13.2. The van der Waals surface area contributed by atoms with Crippen molar-refractivity contribution in [3.63, 3.8) is 0 Å². The minimum Gasteiger partial charge on any atom is -0.454 e. The molecule has 2 heterocycles. The molecule has 0 saturated heterocycles. The number of aromatic nitrogens is 2. The number of hydrogen-bond donors (Lipinski definition) is 1. The van der Waals surface area contributed by atoms with Crippen LogP contribution in [0.15, 0.2) is 65.5 Å². The highest BCUT2D eigenvalue weighted by Crippen LogP contribution is 2.30. The lowest BCUT2D eigenvalue weighted by molar-refractivity contribution is -0.149. The van der Waals surface area contributed by atoms with Crippen LogP contribution in [-0.4, -0.2) is 15.9 Å². The fraction of sp³-hybridized carbons (Fsp3) is 0.208. The number of hydrogen-bond acceptors (Lipinski definition) is 5. The fourth-order valence-corrected chi connectivity index (χ4v) is 4.55. The molecule has 0 spiro atoms. The number of nitrogens with zero attached hydrogens (tertiary/aromatic N) is 1. The normalized spacial score (nSPS) is 12.3. The second-order valence-electron chi connectivity index (χ2n) is 7.25. The molecule has 0 saturated carbocycles. The first-order valence-corrected chi connectivity index (χ1v) is 10.6. The number of thiophene rings is 1. The first kappa shape index (κ1) is 20.0. The van der Waals surface area contributed by atoms with Gasteiger partial charge in [-0.05, 0) is 37.5 Å². The maximum Gasteiger partial charge on any atom is 0.318 e. The predicted molar refractivity (Wildman–Crippen MR) is 119 cm³/mol. The lowest BCUT2D eigenvalue weighted by Crippen LogP contribution is -2.21. The molecule has 1 atom stereocenters. The number of rotatable bonds is 5. The van der Waals surface area contributed by atoms with E-state index in [4.69, 9.17) is 4.74 Å². The van der Waals surface area contributed by atoms with Crippen molar-refractivity contribution in [1.82, 2.24) is 9.97 Å². The summed E-state index contributed by atoms with van der Waals surface area (Å²) in [5.74, 6) is -0.598. The Hall–Kier alpha value is -3.25. The van der Waals surface area contributed by atoms with Crippen LogP contribution in [0.3, 0.4) is 0 Å². The number of ether oxygens (including phenoxy) is 1. The number of fused-ring (bicyclic) bond motifs is 1. The van der Waals surface area contributed by atoms with Crippen molar-refractivity contribution in [3.05, 3.63) is 98.4 Å². The van der Waals surface area contributed by atoms with Crippen molar-refractivity contribution in [2.45, 2.75) is 32.8 Å².